The van der Waals surface area contributed by atoms with Crippen molar-refractivity contribution < 1.29 is 13.9 Å². The van der Waals surface area contributed by atoms with Crippen LogP contribution in [0.5, 0.6) is 17.4 Å². The van der Waals surface area contributed by atoms with Gasteiger partial charge in [-0.15, -0.1) is 0 Å². The van der Waals surface area contributed by atoms with E-state index >= 15 is 0 Å². The van der Waals surface area contributed by atoms with Crippen molar-refractivity contribution in [3.63, 3.8) is 0 Å². The zero-order chi connectivity index (χ0) is 13.0. The topological polar surface area (TPSA) is 70.3 Å². The van der Waals surface area contributed by atoms with Crippen molar-refractivity contribution >= 4 is 5.95 Å². The van der Waals surface area contributed by atoms with Crippen molar-refractivity contribution in [1.29, 1.82) is 0 Å². The summed E-state index contributed by atoms with van der Waals surface area (Å²) in [6.07, 6.45) is 0.959. The minimum absolute atomic E-state index is 0.0553. The number of para-hydroxylation sites is 2. The number of anilines is 1. The smallest absolute Gasteiger partial charge is 0.261 e. The number of hydrogen-bond acceptors (Lipinski definition) is 5. The van der Waals surface area contributed by atoms with Crippen LogP contribution in [0.15, 0.2) is 30.5 Å². The summed E-state index contributed by atoms with van der Waals surface area (Å²) in [7, 11) is 0. The molecule has 6 heteroatoms. The first-order chi connectivity index (χ1) is 8.70. The maximum atomic E-state index is 13.4. The van der Waals surface area contributed by atoms with Gasteiger partial charge in [-0.05, 0) is 19.1 Å². The molecule has 18 heavy (non-hydrogen) atoms. The number of nitrogens with zero attached hydrogens (tertiary/aromatic N) is 2. The molecule has 0 aliphatic carbocycles. The lowest BCUT2D eigenvalue weighted by Gasteiger charge is -2.10. The molecule has 0 unspecified atom stereocenters. The molecule has 1 heterocycles. The SMILES string of the molecule is CCOc1ccccc1Oc1nc(N)ncc1F. The third-order valence-corrected chi connectivity index (χ3v) is 2.09. The van der Waals surface area contributed by atoms with Crippen molar-refractivity contribution in [2.45, 2.75) is 6.92 Å². The summed E-state index contributed by atoms with van der Waals surface area (Å²) >= 11 is 0. The van der Waals surface area contributed by atoms with Gasteiger partial charge in [-0.2, -0.15) is 9.37 Å². The van der Waals surface area contributed by atoms with Gasteiger partial charge in [0.05, 0.1) is 12.8 Å². The zero-order valence-electron chi connectivity index (χ0n) is 9.76. The number of rotatable bonds is 4. The summed E-state index contributed by atoms with van der Waals surface area (Å²) < 4.78 is 24.1. The predicted molar refractivity (Wildman–Crippen MR) is 64.1 cm³/mol. The minimum Gasteiger partial charge on any atom is -0.490 e. The second-order valence-corrected chi connectivity index (χ2v) is 3.36. The molecule has 1 aromatic heterocycles. The van der Waals surface area contributed by atoms with Crippen molar-refractivity contribution in [3.8, 4) is 17.4 Å². The molecule has 2 N–H and O–H groups in total. The molecule has 0 saturated carbocycles. The highest BCUT2D eigenvalue weighted by atomic mass is 19.1. The molecule has 0 aliphatic rings. The van der Waals surface area contributed by atoms with Crippen molar-refractivity contribution in [1.82, 2.24) is 9.97 Å². The van der Waals surface area contributed by atoms with Crippen molar-refractivity contribution in [2.75, 3.05) is 12.3 Å². The number of aromatic nitrogens is 2. The van der Waals surface area contributed by atoms with Crippen LogP contribution in [-0.2, 0) is 0 Å². The number of benzene rings is 1. The van der Waals surface area contributed by atoms with E-state index in [2.05, 4.69) is 9.97 Å². The Morgan fingerprint density at radius 1 is 1.28 bits per heavy atom. The van der Waals surface area contributed by atoms with E-state index < -0.39 is 5.82 Å². The van der Waals surface area contributed by atoms with E-state index in [1.165, 1.54) is 0 Å². The number of hydrogen-bond donors (Lipinski definition) is 1. The molecule has 94 valence electrons. The van der Waals surface area contributed by atoms with E-state index in [1.54, 1.807) is 24.3 Å². The molecule has 0 amide bonds. The highest BCUT2D eigenvalue weighted by Crippen LogP contribution is 2.31. The van der Waals surface area contributed by atoms with E-state index in [9.17, 15) is 4.39 Å². The summed E-state index contributed by atoms with van der Waals surface area (Å²) in [6.45, 7) is 2.33. The quantitative estimate of drug-likeness (QED) is 0.900. The van der Waals surface area contributed by atoms with Crippen LogP contribution in [0.2, 0.25) is 0 Å². The average Bonchev–Trinajstić information content (AvgIpc) is 2.36. The highest BCUT2D eigenvalue weighted by Gasteiger charge is 2.11. The van der Waals surface area contributed by atoms with Gasteiger partial charge in [-0.3, -0.25) is 0 Å². The van der Waals surface area contributed by atoms with Gasteiger partial charge in [-0.25, -0.2) is 4.98 Å². The van der Waals surface area contributed by atoms with E-state index in [0.717, 1.165) is 6.20 Å². The van der Waals surface area contributed by atoms with Crippen LogP contribution in [0.1, 0.15) is 6.92 Å². The van der Waals surface area contributed by atoms with E-state index in [1.807, 2.05) is 6.92 Å². The lowest BCUT2D eigenvalue weighted by Crippen LogP contribution is -2.01. The Morgan fingerprint density at radius 2 is 2.00 bits per heavy atom. The summed E-state index contributed by atoms with van der Waals surface area (Å²) in [6, 6.07) is 6.92. The highest BCUT2D eigenvalue weighted by molar-refractivity contribution is 5.42. The van der Waals surface area contributed by atoms with Crippen LogP contribution in [-0.4, -0.2) is 16.6 Å². The monoisotopic (exact) mass is 249 g/mol. The molecule has 0 saturated heterocycles. The van der Waals surface area contributed by atoms with Crippen molar-refractivity contribution in [2.24, 2.45) is 0 Å². The molecular formula is C12H12FN3O2. The van der Waals surface area contributed by atoms with Crippen LogP contribution in [0.3, 0.4) is 0 Å². The number of ether oxygens (including phenoxy) is 2. The molecule has 1 aromatic carbocycles. The summed E-state index contributed by atoms with van der Waals surface area (Å²) in [5, 5.41) is 0. The van der Waals surface area contributed by atoms with Gasteiger partial charge >= 0.3 is 0 Å². The Kier molecular flexibility index (Phi) is 3.57. The minimum atomic E-state index is -0.685. The van der Waals surface area contributed by atoms with Gasteiger partial charge in [0.2, 0.25) is 11.8 Å². The molecule has 0 spiro atoms. The maximum Gasteiger partial charge on any atom is 0.261 e. The van der Waals surface area contributed by atoms with E-state index in [4.69, 9.17) is 15.2 Å². The van der Waals surface area contributed by atoms with Gasteiger partial charge in [-0.1, -0.05) is 12.1 Å². The summed E-state index contributed by atoms with van der Waals surface area (Å²) in [4.78, 5) is 7.20. The van der Waals surface area contributed by atoms with Crippen molar-refractivity contribution in [3.05, 3.63) is 36.3 Å². The second-order valence-electron chi connectivity index (χ2n) is 3.36. The molecule has 0 aliphatic heterocycles. The van der Waals surface area contributed by atoms with Crippen LogP contribution < -0.4 is 15.2 Å². The molecule has 0 radical (unpaired) electrons. The second kappa shape index (κ2) is 5.31. The van der Waals surface area contributed by atoms with Crippen LogP contribution in [0.25, 0.3) is 0 Å². The first kappa shape index (κ1) is 12.1. The first-order valence-electron chi connectivity index (χ1n) is 5.38. The lowest BCUT2D eigenvalue weighted by atomic mass is 10.3. The van der Waals surface area contributed by atoms with Gasteiger partial charge < -0.3 is 15.2 Å². The van der Waals surface area contributed by atoms with Crippen LogP contribution >= 0.6 is 0 Å². The van der Waals surface area contributed by atoms with Crippen LogP contribution in [0, 0.1) is 5.82 Å². The fraction of sp³-hybridized carbons (Fsp3) is 0.167. The fourth-order valence-electron chi connectivity index (χ4n) is 1.35. The predicted octanol–water partition coefficient (Wildman–Crippen LogP) is 2.39. The standard InChI is InChI=1S/C12H12FN3O2/c1-2-17-9-5-3-4-6-10(9)18-11-8(13)7-15-12(14)16-11/h3-7H,2H2,1H3,(H2,14,15,16). The Labute approximate surface area is 103 Å². The first-order valence-corrected chi connectivity index (χ1v) is 5.38. The van der Waals surface area contributed by atoms with E-state index in [-0.39, 0.29) is 11.8 Å². The molecular weight excluding hydrogens is 237 g/mol. The average molecular weight is 249 g/mol. The van der Waals surface area contributed by atoms with E-state index in [0.29, 0.717) is 18.1 Å². The molecule has 5 nitrogen and oxygen atoms in total. The largest absolute Gasteiger partial charge is 0.490 e. The maximum absolute atomic E-state index is 13.4. The third-order valence-electron chi connectivity index (χ3n) is 2.09. The molecule has 2 rings (SSSR count). The third kappa shape index (κ3) is 2.65. The Bertz CT molecular complexity index is 549. The lowest BCUT2D eigenvalue weighted by molar-refractivity contribution is 0.316. The number of halogens is 1. The van der Waals surface area contributed by atoms with Gasteiger partial charge in [0.1, 0.15) is 0 Å². The van der Waals surface area contributed by atoms with Gasteiger partial charge in [0, 0.05) is 0 Å². The molecule has 2 aromatic rings. The molecule has 0 fully saturated rings. The van der Waals surface area contributed by atoms with Gasteiger partial charge in [0.25, 0.3) is 5.88 Å². The zero-order valence-corrected chi connectivity index (χ0v) is 9.76. The van der Waals surface area contributed by atoms with Gasteiger partial charge in [0.15, 0.2) is 11.5 Å². The number of nitrogens with two attached hydrogens (primary N) is 1. The Hall–Kier alpha value is -2.37. The number of nitrogen functional groups attached to an aromatic ring is 1. The summed E-state index contributed by atoms with van der Waals surface area (Å²) in [5.74, 6) is -0.0848. The Morgan fingerprint density at radius 3 is 2.72 bits per heavy atom. The summed E-state index contributed by atoms with van der Waals surface area (Å²) in [5.41, 5.74) is 5.38. The molecule has 0 atom stereocenters. The normalized spacial score (nSPS) is 10.1. The molecule has 0 bridgehead atoms. The fourth-order valence-corrected chi connectivity index (χ4v) is 1.35. The Balaban J connectivity index is 2.30. The van der Waals surface area contributed by atoms with Crippen LogP contribution in [0.4, 0.5) is 10.3 Å².